The van der Waals surface area contributed by atoms with E-state index < -0.39 is 0 Å². The minimum absolute atomic E-state index is 0.0169. The summed E-state index contributed by atoms with van der Waals surface area (Å²) in [6, 6.07) is 15.3. The van der Waals surface area contributed by atoms with Gasteiger partial charge in [0.1, 0.15) is 5.75 Å². The largest absolute Gasteiger partial charge is 0.497 e. The quantitative estimate of drug-likeness (QED) is 0.659. The summed E-state index contributed by atoms with van der Waals surface area (Å²) in [6.45, 7) is 0.479. The van der Waals surface area contributed by atoms with Gasteiger partial charge >= 0.3 is 0 Å². The number of hydrogen-bond acceptors (Lipinski definition) is 4. The molecule has 2 fully saturated rings. The molecule has 0 aliphatic heterocycles. The second-order valence-corrected chi connectivity index (χ2v) is 8.99. The molecule has 2 aromatic carbocycles. The van der Waals surface area contributed by atoms with Crippen molar-refractivity contribution in [3.8, 4) is 5.75 Å². The minimum Gasteiger partial charge on any atom is -0.497 e. The summed E-state index contributed by atoms with van der Waals surface area (Å²) in [4.78, 5) is 27.9. The summed E-state index contributed by atoms with van der Waals surface area (Å²) >= 11 is 0. The molecule has 2 aromatic rings. The monoisotopic (exact) mass is 435 g/mol. The van der Waals surface area contributed by atoms with Gasteiger partial charge in [0.2, 0.25) is 11.8 Å². The van der Waals surface area contributed by atoms with Crippen LogP contribution >= 0.6 is 0 Å². The third-order valence-corrected chi connectivity index (χ3v) is 6.55. The molecule has 2 amide bonds. The van der Waals surface area contributed by atoms with Gasteiger partial charge in [-0.3, -0.25) is 9.59 Å². The zero-order chi connectivity index (χ0) is 22.5. The maximum atomic E-state index is 13.2. The lowest BCUT2D eigenvalue weighted by atomic mass is 9.89. The first-order valence-electron chi connectivity index (χ1n) is 11.6. The summed E-state index contributed by atoms with van der Waals surface area (Å²) in [6.07, 6.45) is 6.35. The highest BCUT2D eigenvalue weighted by Gasteiger charge is 2.38. The highest BCUT2D eigenvalue weighted by molar-refractivity contribution is 5.93. The van der Waals surface area contributed by atoms with Crippen LogP contribution in [0.15, 0.2) is 48.5 Å². The number of carbonyl (C=O) groups excluding carboxylic acids is 2. The van der Waals surface area contributed by atoms with Gasteiger partial charge in [-0.2, -0.15) is 0 Å². The lowest BCUT2D eigenvalue weighted by Crippen LogP contribution is -2.52. The van der Waals surface area contributed by atoms with Gasteiger partial charge in [0.05, 0.1) is 13.5 Å². The third-order valence-electron chi connectivity index (χ3n) is 6.55. The fourth-order valence-electron chi connectivity index (χ4n) is 4.54. The van der Waals surface area contributed by atoms with Crippen molar-refractivity contribution in [3.05, 3.63) is 59.7 Å². The van der Waals surface area contributed by atoms with Crippen LogP contribution in [0, 0.1) is 5.92 Å². The van der Waals surface area contributed by atoms with Crippen molar-refractivity contribution in [1.29, 1.82) is 0 Å². The number of benzene rings is 2. The van der Waals surface area contributed by atoms with E-state index in [9.17, 15) is 9.59 Å². The number of methoxy groups -OCH3 is 1. The second-order valence-electron chi connectivity index (χ2n) is 8.99. The molecule has 170 valence electrons. The number of nitrogens with two attached hydrogens (primary N) is 1. The second kappa shape index (κ2) is 10.2. The van der Waals surface area contributed by atoms with Crippen LogP contribution in [-0.4, -0.2) is 35.9 Å². The maximum Gasteiger partial charge on any atom is 0.228 e. The van der Waals surface area contributed by atoms with Crippen LogP contribution < -0.4 is 15.8 Å². The van der Waals surface area contributed by atoms with E-state index in [4.69, 9.17) is 10.5 Å². The Labute approximate surface area is 190 Å². The maximum absolute atomic E-state index is 13.2. The van der Waals surface area contributed by atoms with E-state index in [1.807, 2.05) is 53.4 Å². The molecule has 2 aliphatic rings. The van der Waals surface area contributed by atoms with Crippen LogP contribution in [0.1, 0.15) is 49.7 Å². The van der Waals surface area contributed by atoms with Crippen molar-refractivity contribution < 1.29 is 14.3 Å². The molecule has 0 radical (unpaired) electrons. The SMILES string of the molecule is COc1ccc(CC(=O)Nc2ccccc2CN(C(=O)C2CC2)C2CCCCC2N)cc1. The Morgan fingerprint density at radius 3 is 2.44 bits per heavy atom. The Morgan fingerprint density at radius 1 is 1.03 bits per heavy atom. The predicted octanol–water partition coefficient (Wildman–Crippen LogP) is 3.88. The molecule has 2 aliphatic carbocycles. The van der Waals surface area contributed by atoms with Gasteiger partial charge in [0, 0.05) is 30.2 Å². The van der Waals surface area contributed by atoms with E-state index >= 15 is 0 Å². The van der Waals surface area contributed by atoms with Crippen LogP contribution in [0.25, 0.3) is 0 Å². The Balaban J connectivity index is 1.48. The number of carbonyl (C=O) groups is 2. The van der Waals surface area contributed by atoms with Gasteiger partial charge in [0.25, 0.3) is 0 Å². The number of nitrogens with one attached hydrogen (secondary N) is 1. The fourth-order valence-corrected chi connectivity index (χ4v) is 4.54. The van der Waals surface area contributed by atoms with Crippen molar-refractivity contribution in [2.24, 2.45) is 11.7 Å². The van der Waals surface area contributed by atoms with E-state index in [1.54, 1.807) is 7.11 Å². The lowest BCUT2D eigenvalue weighted by molar-refractivity contribution is -0.136. The zero-order valence-corrected chi connectivity index (χ0v) is 18.8. The molecule has 6 heteroatoms. The summed E-state index contributed by atoms with van der Waals surface area (Å²) in [5, 5.41) is 3.05. The number of nitrogens with zero attached hydrogens (tertiary/aromatic N) is 1. The number of anilines is 1. The molecule has 2 unspecified atom stereocenters. The van der Waals surface area contributed by atoms with Crippen molar-refractivity contribution in [1.82, 2.24) is 4.90 Å². The Morgan fingerprint density at radius 2 is 1.75 bits per heavy atom. The van der Waals surface area contributed by atoms with Crippen LogP contribution in [0.4, 0.5) is 5.69 Å². The molecular formula is C26H33N3O3. The average molecular weight is 436 g/mol. The van der Waals surface area contributed by atoms with E-state index in [0.29, 0.717) is 6.54 Å². The smallest absolute Gasteiger partial charge is 0.228 e. The van der Waals surface area contributed by atoms with Crippen molar-refractivity contribution >= 4 is 17.5 Å². The number of para-hydroxylation sites is 1. The molecule has 2 saturated carbocycles. The van der Waals surface area contributed by atoms with Crippen LogP contribution in [0.2, 0.25) is 0 Å². The molecule has 3 N–H and O–H groups in total. The summed E-state index contributed by atoms with van der Waals surface area (Å²) in [5.74, 6) is 1.03. The Kier molecular flexibility index (Phi) is 7.10. The molecular weight excluding hydrogens is 402 g/mol. The van der Waals surface area contributed by atoms with E-state index in [0.717, 1.165) is 61.1 Å². The van der Waals surface area contributed by atoms with Crippen LogP contribution in [0.5, 0.6) is 5.75 Å². The zero-order valence-electron chi connectivity index (χ0n) is 18.8. The van der Waals surface area contributed by atoms with Gasteiger partial charge < -0.3 is 20.7 Å². The van der Waals surface area contributed by atoms with Crippen molar-refractivity contribution in [3.63, 3.8) is 0 Å². The molecule has 0 aromatic heterocycles. The van der Waals surface area contributed by atoms with Gasteiger partial charge in [-0.25, -0.2) is 0 Å². The Hall–Kier alpha value is -2.86. The molecule has 0 heterocycles. The molecule has 32 heavy (non-hydrogen) atoms. The first kappa shape index (κ1) is 22.3. The highest BCUT2D eigenvalue weighted by Crippen LogP contribution is 2.35. The normalized spacial score (nSPS) is 20.4. The molecule has 6 nitrogen and oxygen atoms in total. The topological polar surface area (TPSA) is 84.7 Å². The van der Waals surface area contributed by atoms with E-state index in [2.05, 4.69) is 5.32 Å². The van der Waals surface area contributed by atoms with Gasteiger partial charge in [-0.15, -0.1) is 0 Å². The first-order chi connectivity index (χ1) is 15.5. The number of hydrogen-bond donors (Lipinski definition) is 2. The number of ether oxygens (including phenoxy) is 1. The minimum atomic E-state index is -0.0861. The van der Waals surface area contributed by atoms with Gasteiger partial charge in [-0.05, 0) is 55.0 Å². The van der Waals surface area contributed by atoms with Gasteiger partial charge in [-0.1, -0.05) is 43.2 Å². The molecule has 0 saturated heterocycles. The number of amides is 2. The van der Waals surface area contributed by atoms with E-state index in [1.165, 1.54) is 0 Å². The lowest BCUT2D eigenvalue weighted by Gasteiger charge is -2.39. The predicted molar refractivity (Wildman–Crippen MR) is 125 cm³/mol. The molecule has 4 rings (SSSR count). The summed E-state index contributed by atoms with van der Waals surface area (Å²) in [5.41, 5.74) is 9.06. The van der Waals surface area contributed by atoms with E-state index in [-0.39, 0.29) is 36.2 Å². The fraction of sp³-hybridized carbons (Fsp3) is 0.462. The Bertz CT molecular complexity index is 940. The summed E-state index contributed by atoms with van der Waals surface area (Å²) < 4.78 is 5.18. The molecule has 2 atom stereocenters. The molecule has 0 spiro atoms. The first-order valence-corrected chi connectivity index (χ1v) is 11.6. The van der Waals surface area contributed by atoms with Crippen molar-refractivity contribution in [2.45, 2.75) is 63.6 Å². The van der Waals surface area contributed by atoms with Crippen LogP contribution in [0.3, 0.4) is 0 Å². The highest BCUT2D eigenvalue weighted by atomic mass is 16.5. The summed E-state index contributed by atoms with van der Waals surface area (Å²) in [7, 11) is 1.62. The van der Waals surface area contributed by atoms with Gasteiger partial charge in [0.15, 0.2) is 0 Å². The third kappa shape index (κ3) is 5.49. The standard InChI is InChI=1S/C26H33N3O3/c1-32-21-14-10-18(11-15-21)16-25(30)28-23-8-4-2-6-20(23)17-29(26(31)19-12-13-19)24-9-5-3-7-22(24)27/h2,4,6,8,10-11,14-15,19,22,24H,3,5,7,9,12-13,16-17,27H2,1H3,(H,28,30). The van der Waals surface area contributed by atoms with Crippen LogP contribution in [-0.2, 0) is 22.6 Å². The van der Waals surface area contributed by atoms with Crippen molar-refractivity contribution in [2.75, 3.05) is 12.4 Å². The average Bonchev–Trinajstić information content (AvgIpc) is 3.65. The number of rotatable bonds is 8. The molecule has 0 bridgehead atoms.